The second-order valence-corrected chi connectivity index (χ2v) is 14.2. The van der Waals surface area contributed by atoms with Crippen molar-refractivity contribution in [2.45, 2.75) is 35.3 Å². The summed E-state index contributed by atoms with van der Waals surface area (Å²) in [6.45, 7) is 6.76. The average Bonchev–Trinajstić information content (AvgIpc) is 3.08. The molecule has 1 aliphatic heterocycles. The fraction of sp³-hybridized carbons (Fsp3) is 0.444. The Morgan fingerprint density at radius 3 is 1.75 bits per heavy atom. The molecule has 0 aliphatic carbocycles. The normalized spacial score (nSPS) is 17.7. The van der Waals surface area contributed by atoms with Gasteiger partial charge in [-0.25, -0.2) is 16.8 Å². The minimum atomic E-state index is -3.65. The zero-order chi connectivity index (χ0) is 20.7. The topological polar surface area (TPSA) is 74.8 Å². The Bertz CT molecular complexity index is 1050. The van der Waals surface area contributed by atoms with Crippen molar-refractivity contribution in [3.63, 3.8) is 0 Å². The van der Waals surface area contributed by atoms with Gasteiger partial charge in [-0.2, -0.15) is 8.61 Å². The van der Waals surface area contributed by atoms with Gasteiger partial charge in [0.2, 0.25) is 10.0 Å². The molecule has 28 heavy (non-hydrogen) atoms. The standard InChI is InChI=1S/C18H23BrN2O4S3/c1-18(2,3)14-4-6-15(7-5-14)27(22,23)20-10-12-21(13-11-20)28(24,25)17-9-8-16(19)26-17/h4-9H,10-13H2,1-3H3. The van der Waals surface area contributed by atoms with Gasteiger partial charge in [0.15, 0.2) is 0 Å². The summed E-state index contributed by atoms with van der Waals surface area (Å²) in [4.78, 5) is 0.235. The van der Waals surface area contributed by atoms with E-state index in [0.29, 0.717) is 0 Å². The lowest BCUT2D eigenvalue weighted by molar-refractivity contribution is 0.273. The maximum atomic E-state index is 12.9. The summed E-state index contributed by atoms with van der Waals surface area (Å²) < 4.78 is 55.0. The SMILES string of the molecule is CC(C)(C)c1ccc(S(=O)(=O)N2CCN(S(=O)(=O)c3ccc(Br)s3)CC2)cc1. The number of nitrogens with zero attached hydrogens (tertiary/aromatic N) is 2. The smallest absolute Gasteiger partial charge is 0.207 e. The van der Waals surface area contributed by atoms with Gasteiger partial charge < -0.3 is 0 Å². The van der Waals surface area contributed by atoms with Crippen LogP contribution in [0.3, 0.4) is 0 Å². The number of thiophene rings is 1. The van der Waals surface area contributed by atoms with Crippen LogP contribution in [0.5, 0.6) is 0 Å². The Morgan fingerprint density at radius 1 is 0.821 bits per heavy atom. The molecule has 10 heteroatoms. The molecule has 0 N–H and O–H groups in total. The molecule has 1 saturated heterocycles. The molecule has 0 spiro atoms. The average molecular weight is 507 g/mol. The molecular formula is C18H23BrN2O4S3. The van der Waals surface area contributed by atoms with E-state index < -0.39 is 20.0 Å². The number of benzene rings is 1. The minimum Gasteiger partial charge on any atom is -0.207 e. The van der Waals surface area contributed by atoms with Gasteiger partial charge in [-0.3, -0.25) is 0 Å². The molecule has 0 atom stereocenters. The van der Waals surface area contributed by atoms with Gasteiger partial charge in [0.1, 0.15) is 4.21 Å². The number of hydrogen-bond acceptors (Lipinski definition) is 5. The Kier molecular flexibility index (Phi) is 6.11. The summed E-state index contributed by atoms with van der Waals surface area (Å²) in [5.74, 6) is 0. The second-order valence-electron chi connectivity index (χ2n) is 7.64. The molecule has 2 heterocycles. The second kappa shape index (κ2) is 7.81. The van der Waals surface area contributed by atoms with Crippen molar-refractivity contribution in [3.05, 3.63) is 45.7 Å². The number of rotatable bonds is 4. The molecule has 1 aromatic heterocycles. The summed E-state index contributed by atoms with van der Waals surface area (Å²) in [5, 5.41) is 0. The van der Waals surface area contributed by atoms with E-state index in [1.165, 1.54) is 8.61 Å². The van der Waals surface area contributed by atoms with Gasteiger partial charge in [0.25, 0.3) is 10.0 Å². The van der Waals surface area contributed by atoms with Gasteiger partial charge in [-0.15, -0.1) is 11.3 Å². The molecule has 2 aromatic rings. The summed E-state index contributed by atoms with van der Waals surface area (Å²) in [5.41, 5.74) is 1.00. The Hall–Kier alpha value is -0.780. The van der Waals surface area contributed by atoms with Crippen molar-refractivity contribution in [2.75, 3.05) is 26.2 Å². The zero-order valence-electron chi connectivity index (χ0n) is 15.9. The summed E-state index contributed by atoms with van der Waals surface area (Å²) in [7, 11) is -7.24. The fourth-order valence-corrected chi connectivity index (χ4v) is 8.00. The highest BCUT2D eigenvalue weighted by atomic mass is 79.9. The van der Waals surface area contributed by atoms with E-state index in [9.17, 15) is 16.8 Å². The van der Waals surface area contributed by atoms with Crippen LogP contribution in [0.15, 0.2) is 49.3 Å². The molecule has 0 unspecified atom stereocenters. The van der Waals surface area contributed by atoms with Crippen LogP contribution in [0.1, 0.15) is 26.3 Å². The molecular weight excluding hydrogens is 484 g/mol. The summed E-state index contributed by atoms with van der Waals surface area (Å²) in [6, 6.07) is 10.2. The summed E-state index contributed by atoms with van der Waals surface area (Å²) in [6.07, 6.45) is 0. The first-order valence-electron chi connectivity index (χ1n) is 8.78. The van der Waals surface area contributed by atoms with E-state index in [1.807, 2.05) is 12.1 Å². The lowest BCUT2D eigenvalue weighted by atomic mass is 9.87. The van der Waals surface area contributed by atoms with Crippen LogP contribution < -0.4 is 0 Å². The van der Waals surface area contributed by atoms with Crippen molar-refractivity contribution >= 4 is 47.3 Å². The molecule has 0 radical (unpaired) electrons. The van der Waals surface area contributed by atoms with Crippen LogP contribution in [0.2, 0.25) is 0 Å². The van der Waals surface area contributed by atoms with Crippen molar-refractivity contribution in [3.8, 4) is 0 Å². The lowest BCUT2D eigenvalue weighted by Crippen LogP contribution is -2.50. The van der Waals surface area contributed by atoms with E-state index in [-0.39, 0.29) is 40.7 Å². The van der Waals surface area contributed by atoms with Gasteiger partial charge in [0, 0.05) is 26.2 Å². The summed E-state index contributed by atoms with van der Waals surface area (Å²) >= 11 is 4.43. The molecule has 0 bridgehead atoms. The van der Waals surface area contributed by atoms with Gasteiger partial charge in [0.05, 0.1) is 8.68 Å². The van der Waals surface area contributed by atoms with Crippen LogP contribution in [0, 0.1) is 0 Å². The number of halogens is 1. The Morgan fingerprint density at radius 2 is 1.32 bits per heavy atom. The van der Waals surface area contributed by atoms with Crippen molar-refractivity contribution in [2.24, 2.45) is 0 Å². The molecule has 1 aromatic carbocycles. The molecule has 1 fully saturated rings. The monoisotopic (exact) mass is 506 g/mol. The van der Waals surface area contributed by atoms with Crippen molar-refractivity contribution < 1.29 is 16.8 Å². The van der Waals surface area contributed by atoms with Crippen LogP contribution in [0.25, 0.3) is 0 Å². The third kappa shape index (κ3) is 4.36. The Balaban J connectivity index is 1.73. The van der Waals surface area contributed by atoms with Gasteiger partial charge in [-0.1, -0.05) is 32.9 Å². The fourth-order valence-electron chi connectivity index (χ4n) is 2.99. The predicted octanol–water partition coefficient (Wildman–Crippen LogP) is 3.50. The minimum absolute atomic E-state index is 0.0565. The van der Waals surface area contributed by atoms with Gasteiger partial charge >= 0.3 is 0 Å². The van der Waals surface area contributed by atoms with Gasteiger partial charge in [-0.05, 0) is 51.2 Å². The van der Waals surface area contributed by atoms with Crippen molar-refractivity contribution in [1.82, 2.24) is 8.61 Å². The zero-order valence-corrected chi connectivity index (χ0v) is 20.0. The van der Waals surface area contributed by atoms with Crippen LogP contribution in [-0.4, -0.2) is 51.6 Å². The first-order chi connectivity index (χ1) is 12.9. The largest absolute Gasteiger partial charge is 0.252 e. The first kappa shape index (κ1) is 21.9. The van der Waals surface area contributed by atoms with E-state index in [0.717, 1.165) is 20.7 Å². The van der Waals surface area contributed by atoms with Crippen LogP contribution in [0.4, 0.5) is 0 Å². The molecule has 1 aliphatic rings. The van der Waals surface area contributed by atoms with E-state index in [2.05, 4.69) is 36.7 Å². The Labute approximate surface area is 179 Å². The third-order valence-corrected chi connectivity index (χ3v) is 10.6. The molecule has 154 valence electrons. The number of piperazine rings is 1. The molecule has 0 saturated carbocycles. The highest BCUT2D eigenvalue weighted by molar-refractivity contribution is 9.11. The first-order valence-corrected chi connectivity index (χ1v) is 13.3. The molecule has 0 amide bonds. The predicted molar refractivity (Wildman–Crippen MR) is 115 cm³/mol. The van der Waals surface area contributed by atoms with E-state index >= 15 is 0 Å². The van der Waals surface area contributed by atoms with Crippen molar-refractivity contribution in [1.29, 1.82) is 0 Å². The number of sulfonamides is 2. The van der Waals surface area contributed by atoms with Crippen LogP contribution >= 0.6 is 27.3 Å². The molecule has 6 nitrogen and oxygen atoms in total. The number of hydrogen-bond donors (Lipinski definition) is 0. The quantitative estimate of drug-likeness (QED) is 0.635. The lowest BCUT2D eigenvalue weighted by Gasteiger charge is -2.33. The maximum absolute atomic E-state index is 12.9. The van der Waals surface area contributed by atoms with E-state index in [4.69, 9.17) is 0 Å². The maximum Gasteiger partial charge on any atom is 0.252 e. The third-order valence-electron chi connectivity index (χ3n) is 4.70. The van der Waals surface area contributed by atoms with E-state index in [1.54, 1.807) is 24.3 Å². The molecule has 3 rings (SSSR count). The highest BCUT2D eigenvalue weighted by Crippen LogP contribution is 2.30. The van der Waals surface area contributed by atoms with Crippen LogP contribution in [-0.2, 0) is 25.5 Å². The highest BCUT2D eigenvalue weighted by Gasteiger charge is 2.34.